The number of phenolic OH excluding ortho intramolecular Hbond substituents is 1. The van der Waals surface area contributed by atoms with Gasteiger partial charge in [-0.05, 0) is 133 Å². The van der Waals surface area contributed by atoms with Crippen LogP contribution in [0.25, 0.3) is 66.1 Å². The van der Waals surface area contributed by atoms with Gasteiger partial charge < -0.3 is 24.1 Å². The van der Waals surface area contributed by atoms with E-state index in [4.69, 9.17) is 15.7 Å². The molecule has 2 heterocycles. The van der Waals surface area contributed by atoms with E-state index in [0.717, 1.165) is 108 Å². The number of hydrogen-bond acceptors (Lipinski definition) is 5. The van der Waals surface area contributed by atoms with Crippen molar-refractivity contribution in [2.45, 2.75) is 114 Å². The minimum atomic E-state index is -0.286. The molecule has 0 radical (unpaired) electrons. The van der Waals surface area contributed by atoms with E-state index in [0.29, 0.717) is 23.0 Å². The van der Waals surface area contributed by atoms with Gasteiger partial charge in [0.05, 0.1) is 23.5 Å². The zero-order valence-corrected chi connectivity index (χ0v) is 49.3. The lowest BCUT2D eigenvalue weighted by molar-refractivity contribution is 0.144. The molecule has 6 aliphatic rings. The maximum absolute atomic E-state index is 13.0. The molecule has 0 amide bonds. The minimum Gasteiger partial charge on any atom is -0.507 e. The molecule has 2 saturated carbocycles. The molecule has 86 heavy (non-hydrogen) atoms. The van der Waals surface area contributed by atoms with Gasteiger partial charge in [-0.25, -0.2) is 0 Å². The Labute approximate surface area is 506 Å². The monoisotopic (exact) mass is 1120 g/mol. The van der Waals surface area contributed by atoms with Gasteiger partial charge in [0.15, 0.2) is 5.58 Å². The number of fused-ring (bicyclic) bond motifs is 7. The summed E-state index contributed by atoms with van der Waals surface area (Å²) in [5.74, 6) is 2.29. The summed E-state index contributed by atoms with van der Waals surface area (Å²) < 4.78 is 14.7. The third-order valence-corrected chi connectivity index (χ3v) is 19.6. The average molecular weight is 1120 g/mol. The van der Waals surface area contributed by atoms with Crippen LogP contribution in [-0.4, -0.2) is 28.2 Å². The highest BCUT2D eigenvalue weighted by atomic mass is 16.5. The van der Waals surface area contributed by atoms with Crippen molar-refractivity contribution in [3.63, 3.8) is 0 Å². The lowest BCUT2D eigenvalue weighted by Gasteiger charge is -2.44. The minimum absolute atomic E-state index is 0.00790. The van der Waals surface area contributed by atoms with Gasteiger partial charge in [0, 0.05) is 60.8 Å². The molecular formula is C81H74N2O3. The molecule has 5 aliphatic carbocycles. The molecule has 5 heteroatoms. The molecule has 3 atom stereocenters. The van der Waals surface area contributed by atoms with Gasteiger partial charge in [-0.2, -0.15) is 0 Å². The fraction of sp³-hybridized carbons (Fsp3) is 0.235. The third-order valence-electron chi connectivity index (χ3n) is 19.6. The summed E-state index contributed by atoms with van der Waals surface area (Å²) in [5, 5.41) is 16.8. The van der Waals surface area contributed by atoms with Gasteiger partial charge >= 0.3 is 0 Å². The predicted molar refractivity (Wildman–Crippen MR) is 358 cm³/mol. The fourth-order valence-corrected chi connectivity index (χ4v) is 15.2. The van der Waals surface area contributed by atoms with Crippen LogP contribution >= 0.6 is 0 Å². The predicted octanol–water partition coefficient (Wildman–Crippen LogP) is 21.8. The van der Waals surface area contributed by atoms with Crippen LogP contribution < -0.4 is 9.64 Å². The second-order valence-corrected chi connectivity index (χ2v) is 24.7. The number of benzene rings is 8. The summed E-state index contributed by atoms with van der Waals surface area (Å²) in [5.41, 5.74) is 19.0. The highest BCUT2D eigenvalue weighted by Crippen LogP contribution is 2.52. The molecule has 1 aromatic heterocycles. The molecule has 9 aromatic rings. The number of para-hydroxylation sites is 3. The van der Waals surface area contributed by atoms with Crippen molar-refractivity contribution in [1.29, 1.82) is 0 Å². The molecule has 1 aliphatic heterocycles. The van der Waals surface area contributed by atoms with Crippen molar-refractivity contribution in [3.05, 3.63) is 270 Å². The standard InChI is InChI=1S/C81H74N2O3/c1-53-23-15-16-32-63(53)75(82(61-47-43-57(44-48-61)55-24-7-3-8-25-55)73-41-21-39-70-68-37-19-35-64(78(68)85-80(70)73)59-28-11-5-12-29-59)51-54(2)72-52-76(66-33-17-18-34-67(66)77(72)84)83(62-49-45-58(46-50-62)56-26-9-4-10-27-56)74-42-22-40-71-69-38-20-36-65(79(69)86-81(71)74)60-30-13-6-14-31-60/h5-6,11-14,17-23,28-47,49-52,55-56,61,73,80,84H,2-4,7-10,15-16,24-27,48H2,1H3/b75-51+. The van der Waals surface area contributed by atoms with E-state index in [1.54, 1.807) is 0 Å². The molecule has 1 N–H and O–H groups in total. The normalized spacial score (nSPS) is 19.8. The topological polar surface area (TPSA) is 49.1 Å². The third kappa shape index (κ3) is 9.75. The SMILES string of the molecule is C=C(/C=C(\C1=CCCC=C1C)N(C1C=CC(C2CCCCC2)=CC1)C1C=CC=C2c3cccc(-c4ccccc4)c3OC21)c1cc(N(c2ccc(C3CCCCC3)cc2)c2cccc3c2oc2c(-c4ccccc4)cccc23)c2ccccc2c1O. The largest absolute Gasteiger partial charge is 0.507 e. The van der Waals surface area contributed by atoms with Gasteiger partial charge in [0.25, 0.3) is 0 Å². The lowest BCUT2D eigenvalue weighted by Crippen LogP contribution is -2.49. The van der Waals surface area contributed by atoms with Gasteiger partial charge in [-0.15, -0.1) is 0 Å². The van der Waals surface area contributed by atoms with Crippen LogP contribution in [0, 0.1) is 5.92 Å². The second-order valence-electron chi connectivity index (χ2n) is 24.7. The van der Waals surface area contributed by atoms with Crippen LogP contribution in [0.1, 0.15) is 113 Å². The number of ether oxygens (including phenoxy) is 1. The Balaban J connectivity index is 0.904. The first kappa shape index (κ1) is 53.7. The molecule has 0 saturated heterocycles. The smallest absolute Gasteiger partial charge is 0.159 e. The van der Waals surface area contributed by atoms with Crippen LogP contribution in [0.2, 0.25) is 0 Å². The van der Waals surface area contributed by atoms with E-state index in [-0.39, 0.29) is 23.9 Å². The summed E-state index contributed by atoms with van der Waals surface area (Å²) in [6.45, 7) is 7.29. The van der Waals surface area contributed by atoms with E-state index in [9.17, 15) is 5.11 Å². The molecular weight excluding hydrogens is 1050 g/mol. The quantitative estimate of drug-likeness (QED) is 0.117. The number of furan rings is 1. The molecule has 3 unspecified atom stereocenters. The molecule has 15 rings (SSSR count). The van der Waals surface area contributed by atoms with Gasteiger partial charge in [-0.3, -0.25) is 0 Å². The Bertz CT molecular complexity index is 4310. The van der Waals surface area contributed by atoms with Gasteiger partial charge in [-0.1, -0.05) is 239 Å². The summed E-state index contributed by atoms with van der Waals surface area (Å²) in [7, 11) is 0. The first-order valence-electron chi connectivity index (χ1n) is 31.8. The van der Waals surface area contributed by atoms with Crippen LogP contribution in [0.3, 0.4) is 0 Å². The Hall–Kier alpha value is -9.06. The molecule has 0 spiro atoms. The molecule has 8 aromatic carbocycles. The highest BCUT2D eigenvalue weighted by Gasteiger charge is 2.43. The maximum Gasteiger partial charge on any atom is 0.159 e. The van der Waals surface area contributed by atoms with E-state index < -0.39 is 0 Å². The fourth-order valence-electron chi connectivity index (χ4n) is 15.2. The lowest BCUT2D eigenvalue weighted by atomic mass is 9.81. The van der Waals surface area contributed by atoms with Crippen LogP contribution in [-0.2, 0) is 0 Å². The number of hydrogen-bond donors (Lipinski definition) is 1. The van der Waals surface area contributed by atoms with Crippen molar-refractivity contribution in [2.24, 2.45) is 5.92 Å². The zero-order valence-electron chi connectivity index (χ0n) is 49.3. The van der Waals surface area contributed by atoms with Crippen molar-refractivity contribution in [1.82, 2.24) is 4.90 Å². The molecule has 0 bridgehead atoms. The van der Waals surface area contributed by atoms with Gasteiger partial charge in [0.2, 0.25) is 0 Å². The number of rotatable bonds is 13. The first-order chi connectivity index (χ1) is 42.4. The Kier molecular flexibility index (Phi) is 14.4. The number of nitrogens with zero attached hydrogens (tertiary/aromatic N) is 2. The summed E-state index contributed by atoms with van der Waals surface area (Å²) in [4.78, 5) is 5.02. The van der Waals surface area contributed by atoms with Crippen molar-refractivity contribution < 1.29 is 14.3 Å². The van der Waals surface area contributed by atoms with E-state index in [2.05, 4.69) is 235 Å². The van der Waals surface area contributed by atoms with Gasteiger partial charge in [0.1, 0.15) is 23.2 Å². The number of anilines is 3. The van der Waals surface area contributed by atoms with Crippen molar-refractivity contribution in [3.8, 4) is 33.8 Å². The Morgan fingerprint density at radius 1 is 0.593 bits per heavy atom. The second kappa shape index (κ2) is 23.1. The van der Waals surface area contributed by atoms with E-state index >= 15 is 0 Å². The molecule has 426 valence electrons. The maximum atomic E-state index is 13.0. The van der Waals surface area contributed by atoms with Crippen LogP contribution in [0.15, 0.2) is 258 Å². The van der Waals surface area contributed by atoms with Crippen LogP contribution in [0.5, 0.6) is 11.5 Å². The first-order valence-corrected chi connectivity index (χ1v) is 31.8. The number of allylic oxidation sites excluding steroid dienone is 9. The average Bonchev–Trinajstić information content (AvgIpc) is 2.81. The highest BCUT2D eigenvalue weighted by molar-refractivity contribution is 6.15. The Morgan fingerprint density at radius 3 is 1.97 bits per heavy atom. The molecule has 2 fully saturated rings. The zero-order chi connectivity index (χ0) is 57.7. The van der Waals surface area contributed by atoms with Crippen molar-refractivity contribution >= 4 is 60.9 Å². The molecule has 5 nitrogen and oxygen atoms in total. The van der Waals surface area contributed by atoms with E-state index in [1.165, 1.54) is 92.1 Å². The summed E-state index contributed by atoms with van der Waals surface area (Å²) in [6, 6.07) is 60.4. The summed E-state index contributed by atoms with van der Waals surface area (Å²) in [6.07, 6.45) is 36.7. The van der Waals surface area contributed by atoms with Crippen LogP contribution in [0.4, 0.5) is 17.1 Å². The number of phenols is 1. The number of aromatic hydroxyl groups is 1. The van der Waals surface area contributed by atoms with Crippen molar-refractivity contribution in [2.75, 3.05) is 4.90 Å². The van der Waals surface area contributed by atoms with E-state index in [1.807, 2.05) is 6.07 Å². The summed E-state index contributed by atoms with van der Waals surface area (Å²) >= 11 is 0. The Morgan fingerprint density at radius 2 is 1.23 bits per heavy atom.